The van der Waals surface area contributed by atoms with Crippen LogP contribution in [0, 0.1) is 35.8 Å². The molecule has 0 saturated heterocycles. The summed E-state index contributed by atoms with van der Waals surface area (Å²) in [5.41, 5.74) is 5.33. The second-order valence-electron chi connectivity index (χ2n) is 8.77. The van der Waals surface area contributed by atoms with Crippen molar-refractivity contribution in [2.45, 2.75) is 53.0 Å². The lowest BCUT2D eigenvalue weighted by Gasteiger charge is -2.36. The Balaban J connectivity index is 1.94. The van der Waals surface area contributed by atoms with E-state index in [2.05, 4.69) is 55.8 Å². The Morgan fingerprint density at radius 2 is 1.81 bits per heavy atom. The van der Waals surface area contributed by atoms with Gasteiger partial charge in [0, 0.05) is 29.1 Å². The molecular weight excluding hydrogens is 406 g/mol. The number of rotatable bonds is 4. The van der Waals surface area contributed by atoms with Gasteiger partial charge in [-0.05, 0) is 43.2 Å². The predicted molar refractivity (Wildman–Crippen MR) is 127 cm³/mol. The van der Waals surface area contributed by atoms with Gasteiger partial charge in [-0.1, -0.05) is 57.0 Å². The van der Waals surface area contributed by atoms with Crippen molar-refractivity contribution in [2.75, 3.05) is 0 Å². The van der Waals surface area contributed by atoms with Crippen molar-refractivity contribution in [2.24, 2.45) is 16.8 Å². The van der Waals surface area contributed by atoms with Crippen LogP contribution in [0.4, 0.5) is 11.4 Å². The summed E-state index contributed by atoms with van der Waals surface area (Å²) in [6, 6.07) is 13.5. The van der Waals surface area contributed by atoms with Crippen LogP contribution in [0.15, 0.2) is 52.8 Å². The summed E-state index contributed by atoms with van der Waals surface area (Å²) in [6.07, 6.45) is 3.54. The van der Waals surface area contributed by atoms with Crippen LogP contribution in [0.25, 0.3) is 11.3 Å². The molecule has 1 aliphatic carbocycles. The minimum Gasteiger partial charge on any atom is -0.313 e. The molecule has 2 aromatic carbocycles. The highest BCUT2D eigenvalue weighted by atomic mass is 32.1. The van der Waals surface area contributed by atoms with Gasteiger partial charge in [0.15, 0.2) is 4.80 Å². The fourth-order valence-corrected chi connectivity index (χ4v) is 5.67. The molecule has 1 saturated carbocycles. The summed E-state index contributed by atoms with van der Waals surface area (Å²) >= 11 is 1.62. The third kappa shape index (κ3) is 4.22. The first-order chi connectivity index (χ1) is 14.9. The monoisotopic (exact) mass is 435 g/mol. The van der Waals surface area contributed by atoms with E-state index in [4.69, 9.17) is 4.99 Å². The van der Waals surface area contributed by atoms with Gasteiger partial charge < -0.3 is 4.57 Å². The molecule has 1 aromatic heterocycles. The molecule has 1 aliphatic rings. The third-order valence-corrected chi connectivity index (χ3v) is 7.58. The van der Waals surface area contributed by atoms with E-state index in [1.54, 1.807) is 29.5 Å². The summed E-state index contributed by atoms with van der Waals surface area (Å²) < 4.78 is 2.36. The molecule has 162 valence electrons. The molecule has 3 unspecified atom stereocenters. The van der Waals surface area contributed by atoms with Crippen LogP contribution >= 0.6 is 11.3 Å². The zero-order valence-electron chi connectivity index (χ0n) is 18.5. The summed E-state index contributed by atoms with van der Waals surface area (Å²) in [4.78, 5) is 17.1. The number of para-hydroxylation sites is 1. The Morgan fingerprint density at radius 3 is 2.52 bits per heavy atom. The van der Waals surface area contributed by atoms with Crippen molar-refractivity contribution in [1.82, 2.24) is 4.57 Å². The second kappa shape index (κ2) is 8.79. The van der Waals surface area contributed by atoms with Crippen LogP contribution in [0.2, 0.25) is 0 Å². The van der Waals surface area contributed by atoms with Crippen molar-refractivity contribution in [3.8, 4) is 11.3 Å². The Labute approximate surface area is 187 Å². The largest absolute Gasteiger partial charge is 0.313 e. The molecule has 1 heterocycles. The molecule has 0 aliphatic heterocycles. The van der Waals surface area contributed by atoms with E-state index in [0.29, 0.717) is 17.9 Å². The van der Waals surface area contributed by atoms with E-state index in [-0.39, 0.29) is 10.6 Å². The fraction of sp³-hybridized carbons (Fsp3) is 0.400. The molecule has 1 fully saturated rings. The van der Waals surface area contributed by atoms with Crippen molar-refractivity contribution in [1.29, 1.82) is 0 Å². The standard InChI is InChI=1S/C25H29N3O2S/c1-16-8-6-13-22(19(16)4)27-23(20-11-7-12-21(14-20)28(29)30)15-31-25(27)26-24-17(2)9-5-10-18(24)3/h5,7,9-12,14-16,19,22H,6,8,13H2,1-4H3. The summed E-state index contributed by atoms with van der Waals surface area (Å²) in [7, 11) is 0. The van der Waals surface area contributed by atoms with Gasteiger partial charge in [0.05, 0.1) is 16.3 Å². The van der Waals surface area contributed by atoms with Crippen LogP contribution in [0.5, 0.6) is 0 Å². The van der Waals surface area contributed by atoms with E-state index in [9.17, 15) is 10.1 Å². The minimum atomic E-state index is -0.326. The maximum atomic E-state index is 11.4. The topological polar surface area (TPSA) is 60.4 Å². The Bertz CT molecular complexity index is 1160. The van der Waals surface area contributed by atoms with E-state index in [1.165, 1.54) is 12.8 Å². The lowest BCUT2D eigenvalue weighted by molar-refractivity contribution is -0.384. The summed E-state index contributed by atoms with van der Waals surface area (Å²) in [5.74, 6) is 1.15. The lowest BCUT2D eigenvalue weighted by atomic mass is 9.78. The SMILES string of the molecule is Cc1cccc(C)c1N=c1scc(-c2cccc([N+](=O)[O-])c2)n1C1CCCC(C)C1C. The highest BCUT2D eigenvalue weighted by Gasteiger charge is 2.30. The van der Waals surface area contributed by atoms with Gasteiger partial charge in [-0.2, -0.15) is 0 Å². The maximum absolute atomic E-state index is 11.4. The van der Waals surface area contributed by atoms with E-state index < -0.39 is 0 Å². The molecular formula is C25H29N3O2S. The minimum absolute atomic E-state index is 0.119. The van der Waals surface area contributed by atoms with Crippen molar-refractivity contribution >= 4 is 22.7 Å². The number of thiazole rings is 1. The van der Waals surface area contributed by atoms with E-state index in [1.807, 2.05) is 6.07 Å². The quantitative estimate of drug-likeness (QED) is 0.328. The number of benzene rings is 2. The normalized spacial score (nSPS) is 21.9. The average Bonchev–Trinajstić information content (AvgIpc) is 3.16. The smallest absolute Gasteiger partial charge is 0.270 e. The highest BCUT2D eigenvalue weighted by molar-refractivity contribution is 7.07. The molecule has 4 rings (SSSR count). The molecule has 5 nitrogen and oxygen atoms in total. The molecule has 31 heavy (non-hydrogen) atoms. The Hall–Kier alpha value is -2.73. The van der Waals surface area contributed by atoms with Crippen LogP contribution in [0.3, 0.4) is 0 Å². The number of nitro groups is 1. The number of hydrogen-bond donors (Lipinski definition) is 0. The molecule has 3 atom stereocenters. The van der Waals surface area contributed by atoms with Crippen molar-refractivity contribution in [3.63, 3.8) is 0 Å². The zero-order valence-corrected chi connectivity index (χ0v) is 19.4. The van der Waals surface area contributed by atoms with Gasteiger partial charge in [-0.25, -0.2) is 4.99 Å². The maximum Gasteiger partial charge on any atom is 0.270 e. The Morgan fingerprint density at radius 1 is 1.10 bits per heavy atom. The van der Waals surface area contributed by atoms with Gasteiger partial charge in [0.2, 0.25) is 0 Å². The molecule has 3 aromatic rings. The number of nitrogens with zero attached hydrogens (tertiary/aromatic N) is 3. The number of non-ortho nitro benzene ring substituents is 1. The molecule has 0 amide bonds. The summed E-state index contributed by atoms with van der Waals surface area (Å²) in [6.45, 7) is 8.85. The second-order valence-corrected chi connectivity index (χ2v) is 9.60. The first kappa shape index (κ1) is 21.5. The molecule has 0 radical (unpaired) electrons. The number of aromatic nitrogens is 1. The summed E-state index contributed by atoms with van der Waals surface area (Å²) in [5, 5.41) is 13.5. The van der Waals surface area contributed by atoms with Gasteiger partial charge in [0.1, 0.15) is 0 Å². The highest BCUT2D eigenvalue weighted by Crippen LogP contribution is 2.40. The van der Waals surface area contributed by atoms with Crippen LogP contribution in [-0.2, 0) is 0 Å². The number of aryl methyl sites for hydroxylation is 2. The van der Waals surface area contributed by atoms with Gasteiger partial charge >= 0.3 is 0 Å². The first-order valence-corrected chi connectivity index (χ1v) is 11.8. The zero-order chi connectivity index (χ0) is 22.1. The van der Waals surface area contributed by atoms with Gasteiger partial charge in [-0.3, -0.25) is 10.1 Å². The van der Waals surface area contributed by atoms with Gasteiger partial charge in [-0.15, -0.1) is 11.3 Å². The lowest BCUT2D eigenvalue weighted by Crippen LogP contribution is -2.32. The number of nitro benzene ring substituents is 1. The third-order valence-electron chi connectivity index (χ3n) is 6.74. The first-order valence-electron chi connectivity index (χ1n) is 10.9. The molecule has 6 heteroatoms. The van der Waals surface area contributed by atoms with Crippen molar-refractivity contribution in [3.05, 3.63) is 73.9 Å². The predicted octanol–water partition coefficient (Wildman–Crippen LogP) is 6.97. The average molecular weight is 436 g/mol. The van der Waals surface area contributed by atoms with Crippen LogP contribution in [0.1, 0.15) is 50.3 Å². The molecule has 0 N–H and O–H groups in total. The van der Waals surface area contributed by atoms with Gasteiger partial charge in [0.25, 0.3) is 5.69 Å². The number of hydrogen-bond acceptors (Lipinski definition) is 4. The van der Waals surface area contributed by atoms with Crippen LogP contribution < -0.4 is 4.80 Å². The van der Waals surface area contributed by atoms with E-state index >= 15 is 0 Å². The fourth-order valence-electron chi connectivity index (χ4n) is 4.71. The van der Waals surface area contributed by atoms with E-state index in [0.717, 1.165) is 39.3 Å². The van der Waals surface area contributed by atoms with Crippen LogP contribution in [-0.4, -0.2) is 9.49 Å². The molecule has 0 bridgehead atoms. The molecule has 0 spiro atoms. The van der Waals surface area contributed by atoms with Crippen molar-refractivity contribution < 1.29 is 4.92 Å². The Kier molecular flexibility index (Phi) is 6.10.